The third-order valence-corrected chi connectivity index (χ3v) is 9.35. The van der Waals surface area contributed by atoms with Crippen molar-refractivity contribution < 1.29 is 22.6 Å². The van der Waals surface area contributed by atoms with E-state index in [9.17, 15) is 13.2 Å². The number of alkyl halides is 3. The van der Waals surface area contributed by atoms with Gasteiger partial charge in [0.15, 0.2) is 5.65 Å². The van der Waals surface area contributed by atoms with Gasteiger partial charge in [0.1, 0.15) is 11.6 Å². The van der Waals surface area contributed by atoms with Gasteiger partial charge in [0.2, 0.25) is 5.95 Å². The van der Waals surface area contributed by atoms with Crippen molar-refractivity contribution in [2.24, 2.45) is 5.41 Å². The van der Waals surface area contributed by atoms with Crippen LogP contribution in [0.5, 0.6) is 0 Å². The smallest absolute Gasteiger partial charge is 0.380 e. The first-order valence-corrected chi connectivity index (χ1v) is 13.8. The van der Waals surface area contributed by atoms with E-state index in [4.69, 9.17) is 29.4 Å². The van der Waals surface area contributed by atoms with Crippen molar-refractivity contribution in [3.8, 4) is 0 Å². The predicted octanol–water partition coefficient (Wildman–Crippen LogP) is 4.32. The van der Waals surface area contributed by atoms with E-state index in [1.807, 2.05) is 24.7 Å². The molecule has 2 bridgehead atoms. The molecule has 2 aliphatic heterocycles. The van der Waals surface area contributed by atoms with Crippen LogP contribution in [0.4, 0.5) is 19.1 Å². The lowest BCUT2D eigenvalue weighted by Gasteiger charge is -2.70. The molecule has 0 aromatic carbocycles. The van der Waals surface area contributed by atoms with Crippen LogP contribution in [0.1, 0.15) is 79.7 Å². The highest BCUT2D eigenvalue weighted by atomic mass is 19.4. The number of hydrogen-bond acceptors (Lipinski definition) is 8. The fourth-order valence-electron chi connectivity index (χ4n) is 7.02. The van der Waals surface area contributed by atoms with Gasteiger partial charge in [0, 0.05) is 29.6 Å². The summed E-state index contributed by atoms with van der Waals surface area (Å²) in [5, 5.41) is 4.53. The zero-order chi connectivity index (χ0) is 26.7. The Hall–Kier alpha value is -2.86. The summed E-state index contributed by atoms with van der Waals surface area (Å²) in [5.74, 6) is 0.618. The maximum absolute atomic E-state index is 13.8. The monoisotopic (exact) mass is 541 g/mol. The zero-order valence-electron chi connectivity index (χ0n) is 21.9. The van der Waals surface area contributed by atoms with Crippen LogP contribution in [-0.4, -0.2) is 68.3 Å². The van der Waals surface area contributed by atoms with E-state index in [0.29, 0.717) is 55.2 Å². The second-order valence-electron chi connectivity index (χ2n) is 12.4. The predicted molar refractivity (Wildman–Crippen MR) is 133 cm³/mol. The van der Waals surface area contributed by atoms with Gasteiger partial charge in [-0.25, -0.2) is 15.0 Å². The van der Waals surface area contributed by atoms with Crippen LogP contribution >= 0.6 is 0 Å². The van der Waals surface area contributed by atoms with E-state index < -0.39 is 17.0 Å². The lowest BCUT2D eigenvalue weighted by Crippen LogP contribution is -2.70. The number of aryl methyl sites for hydroxylation is 1. The van der Waals surface area contributed by atoms with Crippen molar-refractivity contribution in [3.05, 3.63) is 35.0 Å². The molecule has 0 radical (unpaired) electrons. The molecule has 0 spiro atoms. The quantitative estimate of drug-likeness (QED) is 0.472. The summed E-state index contributed by atoms with van der Waals surface area (Å²) in [6.07, 6.45) is 1.88. The maximum atomic E-state index is 13.8. The van der Waals surface area contributed by atoms with Crippen LogP contribution in [0, 0.1) is 12.3 Å². The van der Waals surface area contributed by atoms with E-state index in [2.05, 4.69) is 16.2 Å². The van der Waals surface area contributed by atoms with Crippen LogP contribution in [0.25, 0.3) is 11.2 Å². The number of anilines is 1. The van der Waals surface area contributed by atoms with E-state index in [1.54, 1.807) is 0 Å². The highest BCUT2D eigenvalue weighted by Crippen LogP contribution is 2.78. The summed E-state index contributed by atoms with van der Waals surface area (Å²) in [7, 11) is 0. The van der Waals surface area contributed by atoms with Gasteiger partial charge in [-0.05, 0) is 46.0 Å². The highest BCUT2D eigenvalue weighted by Gasteiger charge is 2.79. The lowest BCUT2D eigenvalue weighted by atomic mass is 9.34. The van der Waals surface area contributed by atoms with Crippen LogP contribution in [0.15, 0.2) is 12.4 Å². The standard InChI is InChI=1S/C27H30F3N7O2/c1-14-6-36(8-19(39-14)16-5-31-37(7-16)18-3-4-18)24-34-22(25-11-26(12-25,13-25)27(28,29)30)21-23(35-24)32-15(2)20(33-21)17-9-38-10-17/h5,7,14,17-19H,3-4,6,8-13H2,1-2H3. The van der Waals surface area contributed by atoms with Crippen molar-refractivity contribution in [2.45, 2.75) is 81.7 Å². The Morgan fingerprint density at radius 2 is 1.79 bits per heavy atom. The van der Waals surface area contributed by atoms with Gasteiger partial charge in [-0.3, -0.25) is 4.68 Å². The molecular weight excluding hydrogens is 511 g/mol. The molecule has 5 heterocycles. The molecule has 4 aliphatic carbocycles. The van der Waals surface area contributed by atoms with Gasteiger partial charge in [0.25, 0.3) is 0 Å². The van der Waals surface area contributed by atoms with Crippen LogP contribution < -0.4 is 4.90 Å². The molecular formula is C27H30F3N7O2. The van der Waals surface area contributed by atoms with Crippen molar-refractivity contribution in [2.75, 3.05) is 31.2 Å². The Balaban J connectivity index is 1.18. The average molecular weight is 542 g/mol. The molecule has 3 aromatic heterocycles. The number of aromatic nitrogens is 6. The van der Waals surface area contributed by atoms with Gasteiger partial charge in [-0.1, -0.05) is 0 Å². The van der Waals surface area contributed by atoms with E-state index >= 15 is 0 Å². The number of nitrogens with zero attached hydrogens (tertiary/aromatic N) is 7. The molecule has 6 aliphatic rings. The summed E-state index contributed by atoms with van der Waals surface area (Å²) in [6.45, 7) is 6.16. The van der Waals surface area contributed by atoms with Crippen molar-refractivity contribution in [1.82, 2.24) is 29.7 Å². The first kappa shape index (κ1) is 24.0. The third kappa shape index (κ3) is 3.56. The molecule has 6 fully saturated rings. The third-order valence-electron chi connectivity index (χ3n) is 9.35. The molecule has 4 saturated carbocycles. The molecule has 0 amide bonds. The molecule has 2 unspecified atom stereocenters. The molecule has 12 heteroatoms. The number of rotatable bonds is 5. The minimum atomic E-state index is -4.20. The Bertz CT molecular complexity index is 1460. The highest BCUT2D eigenvalue weighted by molar-refractivity contribution is 5.77. The molecule has 3 aromatic rings. The first-order valence-electron chi connectivity index (χ1n) is 13.8. The Morgan fingerprint density at radius 1 is 1.03 bits per heavy atom. The molecule has 2 atom stereocenters. The van der Waals surface area contributed by atoms with Crippen molar-refractivity contribution in [1.29, 1.82) is 0 Å². The van der Waals surface area contributed by atoms with Crippen LogP contribution in [0.2, 0.25) is 0 Å². The molecule has 2 saturated heterocycles. The largest absolute Gasteiger partial charge is 0.394 e. The average Bonchev–Trinajstić information content (AvgIpc) is 3.51. The topological polar surface area (TPSA) is 91.1 Å². The zero-order valence-corrected chi connectivity index (χ0v) is 21.9. The van der Waals surface area contributed by atoms with Crippen molar-refractivity contribution >= 4 is 17.1 Å². The van der Waals surface area contributed by atoms with Gasteiger partial charge in [-0.2, -0.15) is 23.3 Å². The Labute approximate surface area is 223 Å². The van der Waals surface area contributed by atoms with Crippen LogP contribution in [-0.2, 0) is 14.9 Å². The lowest BCUT2D eigenvalue weighted by molar-refractivity contribution is -0.337. The fraction of sp³-hybridized carbons (Fsp3) is 0.667. The second kappa shape index (κ2) is 7.87. The molecule has 9 nitrogen and oxygen atoms in total. The molecule has 9 rings (SSSR count). The van der Waals surface area contributed by atoms with Gasteiger partial charge in [-0.15, -0.1) is 0 Å². The number of hydrogen-bond donors (Lipinski definition) is 0. The molecule has 39 heavy (non-hydrogen) atoms. The van der Waals surface area contributed by atoms with Gasteiger partial charge in [0.05, 0.1) is 60.6 Å². The second-order valence-corrected chi connectivity index (χ2v) is 12.4. The van der Waals surface area contributed by atoms with Gasteiger partial charge >= 0.3 is 6.18 Å². The Kier molecular flexibility index (Phi) is 4.84. The fourth-order valence-corrected chi connectivity index (χ4v) is 7.02. The summed E-state index contributed by atoms with van der Waals surface area (Å²) in [6, 6.07) is 0.480. The van der Waals surface area contributed by atoms with Crippen molar-refractivity contribution in [3.63, 3.8) is 0 Å². The summed E-state index contributed by atoms with van der Waals surface area (Å²) in [4.78, 5) is 21.7. The minimum absolute atomic E-state index is 0.0506. The van der Waals surface area contributed by atoms with E-state index in [0.717, 1.165) is 29.8 Å². The normalized spacial score (nSPS) is 32.6. The molecule has 0 N–H and O–H groups in total. The SMILES string of the molecule is Cc1nc2nc(N3CC(C)OC(c4cnn(C5CC5)c4)C3)nc(C34CC(C(F)(F)F)(C3)C4)c2nc1C1COC1. The van der Waals surface area contributed by atoms with E-state index in [1.165, 1.54) is 0 Å². The number of halogens is 3. The van der Waals surface area contributed by atoms with E-state index in [-0.39, 0.29) is 37.4 Å². The number of morpholine rings is 1. The number of ether oxygens (including phenoxy) is 2. The summed E-state index contributed by atoms with van der Waals surface area (Å²) >= 11 is 0. The summed E-state index contributed by atoms with van der Waals surface area (Å²) < 4.78 is 55.0. The van der Waals surface area contributed by atoms with Crippen LogP contribution in [0.3, 0.4) is 0 Å². The van der Waals surface area contributed by atoms with Gasteiger partial charge < -0.3 is 14.4 Å². The summed E-state index contributed by atoms with van der Waals surface area (Å²) in [5.41, 5.74) is 1.98. The Morgan fingerprint density at radius 3 is 2.46 bits per heavy atom. The first-order chi connectivity index (χ1) is 18.6. The minimum Gasteiger partial charge on any atom is -0.380 e. The molecule has 206 valence electrons. The number of fused-ring (bicyclic) bond motifs is 1. The maximum Gasteiger partial charge on any atom is 0.394 e.